The molecule has 0 saturated carbocycles. The molecule has 1 atom stereocenters. The number of aliphatic carboxylic acids is 1. The SMILES string of the molecule is CN(C(=O)Nc1cccc(-c2ccc(C[C@H](NS(C)(=O)=O)C(=O)O)cc2)c1)c1ccccn1. The zero-order valence-corrected chi connectivity index (χ0v) is 18.9. The maximum absolute atomic E-state index is 12.5. The molecule has 3 aromatic rings. The molecule has 0 bridgehead atoms. The third-order valence-electron chi connectivity index (χ3n) is 4.79. The van der Waals surface area contributed by atoms with Crippen molar-refractivity contribution in [3.8, 4) is 11.1 Å². The maximum Gasteiger partial charge on any atom is 0.327 e. The van der Waals surface area contributed by atoms with Crippen LogP contribution in [0, 0.1) is 0 Å². The molecule has 0 radical (unpaired) electrons. The monoisotopic (exact) mass is 468 g/mol. The average Bonchev–Trinajstić information content (AvgIpc) is 2.78. The first kappa shape index (κ1) is 23.9. The molecule has 3 rings (SSSR count). The summed E-state index contributed by atoms with van der Waals surface area (Å²) in [7, 11) is -2.02. The highest BCUT2D eigenvalue weighted by Crippen LogP contribution is 2.24. The number of hydrogen-bond acceptors (Lipinski definition) is 5. The van der Waals surface area contributed by atoms with Crippen molar-refractivity contribution in [2.45, 2.75) is 12.5 Å². The normalized spacial score (nSPS) is 12.1. The number of nitrogens with zero attached hydrogens (tertiary/aromatic N) is 2. The second kappa shape index (κ2) is 10.2. The van der Waals surface area contributed by atoms with Crippen LogP contribution in [0.4, 0.5) is 16.3 Å². The van der Waals surface area contributed by atoms with Gasteiger partial charge in [0, 0.05) is 18.9 Å². The van der Waals surface area contributed by atoms with Crippen LogP contribution in [0.3, 0.4) is 0 Å². The minimum Gasteiger partial charge on any atom is -0.480 e. The molecule has 0 saturated heterocycles. The van der Waals surface area contributed by atoms with Crippen molar-refractivity contribution in [2.75, 3.05) is 23.5 Å². The number of carbonyl (C=O) groups excluding carboxylic acids is 1. The number of hydrogen-bond donors (Lipinski definition) is 3. The number of urea groups is 1. The molecule has 0 aliphatic heterocycles. The topological polar surface area (TPSA) is 129 Å². The standard InChI is InChI=1S/C23H24N4O5S/c1-27(21-8-3-4-13-24-21)23(30)25-19-7-5-6-18(15-19)17-11-9-16(10-12-17)14-20(22(28)29)26-33(2,31)32/h3-13,15,20,26H,14H2,1-2H3,(H,25,30)(H,28,29)/t20-/m0/s1. The van der Waals surface area contributed by atoms with Gasteiger partial charge in [0.1, 0.15) is 11.9 Å². The van der Waals surface area contributed by atoms with Gasteiger partial charge in [-0.2, -0.15) is 0 Å². The highest BCUT2D eigenvalue weighted by Gasteiger charge is 2.21. The number of anilines is 2. The van der Waals surface area contributed by atoms with Gasteiger partial charge in [0.25, 0.3) is 0 Å². The lowest BCUT2D eigenvalue weighted by atomic mass is 10.0. The Bertz CT molecular complexity index is 1230. The van der Waals surface area contributed by atoms with Crippen LogP contribution < -0.4 is 14.9 Å². The Morgan fingerprint density at radius 1 is 1.03 bits per heavy atom. The third-order valence-corrected chi connectivity index (χ3v) is 5.51. The number of benzene rings is 2. The van der Waals surface area contributed by atoms with E-state index < -0.39 is 22.0 Å². The number of aromatic nitrogens is 1. The van der Waals surface area contributed by atoms with Crippen molar-refractivity contribution in [1.82, 2.24) is 9.71 Å². The molecule has 2 aromatic carbocycles. The van der Waals surface area contributed by atoms with Gasteiger partial charge in [0.2, 0.25) is 10.0 Å². The van der Waals surface area contributed by atoms with Crippen LogP contribution in [0.2, 0.25) is 0 Å². The highest BCUT2D eigenvalue weighted by atomic mass is 32.2. The summed E-state index contributed by atoms with van der Waals surface area (Å²) in [6.45, 7) is 0. The quantitative estimate of drug-likeness (QED) is 0.466. The largest absolute Gasteiger partial charge is 0.480 e. The van der Waals surface area contributed by atoms with Gasteiger partial charge in [-0.3, -0.25) is 9.69 Å². The number of carbonyl (C=O) groups is 2. The fourth-order valence-electron chi connectivity index (χ4n) is 3.15. The van der Waals surface area contributed by atoms with Gasteiger partial charge < -0.3 is 10.4 Å². The maximum atomic E-state index is 12.5. The van der Waals surface area contributed by atoms with Crippen LogP contribution in [-0.2, 0) is 21.2 Å². The van der Waals surface area contributed by atoms with Crippen LogP contribution in [0.5, 0.6) is 0 Å². The second-order valence-corrected chi connectivity index (χ2v) is 9.22. The van der Waals surface area contributed by atoms with Crippen molar-refractivity contribution in [3.63, 3.8) is 0 Å². The van der Waals surface area contributed by atoms with E-state index in [0.29, 0.717) is 17.1 Å². The van der Waals surface area contributed by atoms with Gasteiger partial charge >= 0.3 is 12.0 Å². The molecule has 9 nitrogen and oxygen atoms in total. The number of amides is 2. The van der Waals surface area contributed by atoms with E-state index in [-0.39, 0.29) is 12.5 Å². The van der Waals surface area contributed by atoms with E-state index >= 15 is 0 Å². The number of nitrogens with one attached hydrogen (secondary N) is 2. The van der Waals surface area contributed by atoms with Crippen molar-refractivity contribution in [3.05, 3.63) is 78.5 Å². The summed E-state index contributed by atoms with van der Waals surface area (Å²) in [6.07, 6.45) is 2.55. The molecule has 172 valence electrons. The van der Waals surface area contributed by atoms with Crippen LogP contribution >= 0.6 is 0 Å². The molecule has 0 aliphatic carbocycles. The van der Waals surface area contributed by atoms with E-state index in [2.05, 4.69) is 15.0 Å². The number of rotatable bonds is 8. The van der Waals surface area contributed by atoms with E-state index in [1.54, 1.807) is 49.6 Å². The van der Waals surface area contributed by atoms with Gasteiger partial charge in [-0.25, -0.2) is 22.9 Å². The zero-order valence-electron chi connectivity index (χ0n) is 18.1. The number of carboxylic acid groups (broad SMARTS) is 1. The molecule has 1 aromatic heterocycles. The Balaban J connectivity index is 1.71. The molecule has 1 heterocycles. The van der Waals surface area contributed by atoms with Gasteiger partial charge in [0.15, 0.2) is 0 Å². The minimum atomic E-state index is -3.65. The van der Waals surface area contributed by atoms with Gasteiger partial charge in [-0.15, -0.1) is 0 Å². The molecule has 0 unspecified atom stereocenters. The molecule has 10 heteroatoms. The van der Waals surface area contributed by atoms with Crippen LogP contribution in [0.15, 0.2) is 72.9 Å². The fraction of sp³-hybridized carbons (Fsp3) is 0.174. The van der Waals surface area contributed by atoms with Crippen molar-refractivity contribution >= 4 is 33.5 Å². The Kier molecular flexibility index (Phi) is 7.41. The lowest BCUT2D eigenvalue weighted by Crippen LogP contribution is -2.41. The molecule has 0 fully saturated rings. The van der Waals surface area contributed by atoms with Crippen LogP contribution in [0.1, 0.15) is 5.56 Å². The molecule has 2 amide bonds. The molecule has 0 aliphatic rings. The highest BCUT2D eigenvalue weighted by molar-refractivity contribution is 7.88. The fourth-order valence-corrected chi connectivity index (χ4v) is 3.85. The van der Waals surface area contributed by atoms with Gasteiger partial charge in [-0.1, -0.05) is 42.5 Å². The first-order chi connectivity index (χ1) is 15.6. The van der Waals surface area contributed by atoms with E-state index in [9.17, 15) is 23.1 Å². The van der Waals surface area contributed by atoms with E-state index in [1.807, 2.05) is 30.3 Å². The number of sulfonamides is 1. The van der Waals surface area contributed by atoms with Gasteiger partial charge in [-0.05, 0) is 47.4 Å². The summed E-state index contributed by atoms with van der Waals surface area (Å²) in [6, 6.07) is 18.1. The smallest absolute Gasteiger partial charge is 0.327 e. The average molecular weight is 469 g/mol. The molecule has 3 N–H and O–H groups in total. The molecular formula is C23H24N4O5S. The first-order valence-corrected chi connectivity index (χ1v) is 11.9. The summed E-state index contributed by atoms with van der Waals surface area (Å²) in [5, 5.41) is 12.1. The molecule has 0 spiro atoms. The Morgan fingerprint density at radius 2 is 1.76 bits per heavy atom. The Labute approximate surface area is 192 Å². The van der Waals surface area contributed by atoms with Crippen molar-refractivity contribution in [2.24, 2.45) is 0 Å². The van der Waals surface area contributed by atoms with Crippen molar-refractivity contribution in [1.29, 1.82) is 0 Å². The lowest BCUT2D eigenvalue weighted by Gasteiger charge is -2.17. The van der Waals surface area contributed by atoms with Crippen LogP contribution in [0.25, 0.3) is 11.1 Å². The second-order valence-electron chi connectivity index (χ2n) is 7.44. The Hall–Kier alpha value is -3.76. The van der Waals surface area contributed by atoms with Crippen molar-refractivity contribution < 1.29 is 23.1 Å². The summed E-state index contributed by atoms with van der Waals surface area (Å²) in [5.74, 6) is -0.726. The summed E-state index contributed by atoms with van der Waals surface area (Å²) in [4.78, 5) is 29.5. The summed E-state index contributed by atoms with van der Waals surface area (Å²) < 4.78 is 24.9. The van der Waals surface area contributed by atoms with E-state index in [4.69, 9.17) is 0 Å². The van der Waals surface area contributed by atoms with Crippen LogP contribution in [-0.4, -0.2) is 49.9 Å². The summed E-state index contributed by atoms with van der Waals surface area (Å²) >= 11 is 0. The summed E-state index contributed by atoms with van der Waals surface area (Å²) in [5.41, 5.74) is 2.98. The predicted molar refractivity (Wildman–Crippen MR) is 127 cm³/mol. The first-order valence-electron chi connectivity index (χ1n) is 9.97. The minimum absolute atomic E-state index is 0.0125. The zero-order chi connectivity index (χ0) is 24.0. The van der Waals surface area contributed by atoms with E-state index in [1.165, 1.54) is 4.90 Å². The third kappa shape index (κ3) is 6.86. The molecule has 33 heavy (non-hydrogen) atoms. The number of pyridine rings is 1. The van der Waals surface area contributed by atoms with Gasteiger partial charge in [0.05, 0.1) is 6.26 Å². The number of carboxylic acids is 1. The van der Waals surface area contributed by atoms with E-state index in [0.717, 1.165) is 17.4 Å². The lowest BCUT2D eigenvalue weighted by molar-refractivity contribution is -0.138. The Morgan fingerprint density at radius 3 is 2.36 bits per heavy atom. The predicted octanol–water partition coefficient (Wildman–Crippen LogP) is 2.96. The molecular weight excluding hydrogens is 444 g/mol.